The molecule has 1 saturated carbocycles. The molecule has 1 N–H and O–H groups in total. The standard InChI is InChI=1S/C23H25F2N5O2S/c1-15-5-2-3-7-19(15)30-21(16-6-4-12-26-13-16)28-29-23(30)33-14-20(31)27-17-8-10-18(11-9-17)32-22(24)25/h4,6,8-13,15,19,22H,2-3,5,7,14H2,1H3,(H,27,31)/t15-,19+/m1/s1. The predicted molar refractivity (Wildman–Crippen MR) is 122 cm³/mol. The Morgan fingerprint density at radius 2 is 2.00 bits per heavy atom. The third kappa shape index (κ3) is 5.87. The Labute approximate surface area is 195 Å². The minimum absolute atomic E-state index is 0.0370. The number of nitrogens with zero attached hydrogens (tertiary/aromatic N) is 4. The predicted octanol–water partition coefficient (Wildman–Crippen LogP) is 5.42. The number of anilines is 1. The fourth-order valence-electron chi connectivity index (χ4n) is 4.09. The first-order chi connectivity index (χ1) is 16.0. The number of alkyl halides is 2. The monoisotopic (exact) mass is 473 g/mol. The number of halogens is 2. The van der Waals surface area contributed by atoms with E-state index in [-0.39, 0.29) is 23.5 Å². The van der Waals surface area contributed by atoms with Gasteiger partial charge in [-0.3, -0.25) is 14.3 Å². The van der Waals surface area contributed by atoms with Gasteiger partial charge in [-0.15, -0.1) is 10.2 Å². The smallest absolute Gasteiger partial charge is 0.387 e. The molecular weight excluding hydrogens is 448 g/mol. The summed E-state index contributed by atoms with van der Waals surface area (Å²) in [7, 11) is 0. The second-order valence-electron chi connectivity index (χ2n) is 7.99. The number of hydrogen-bond donors (Lipinski definition) is 1. The highest BCUT2D eigenvalue weighted by Crippen LogP contribution is 2.38. The van der Waals surface area contributed by atoms with Crippen molar-refractivity contribution in [3.05, 3.63) is 48.8 Å². The molecule has 3 aromatic rings. The number of aromatic nitrogens is 4. The molecule has 174 valence electrons. The summed E-state index contributed by atoms with van der Waals surface area (Å²) in [4.78, 5) is 16.7. The van der Waals surface area contributed by atoms with Crippen molar-refractivity contribution >= 4 is 23.4 Å². The lowest BCUT2D eigenvalue weighted by atomic mass is 9.85. The van der Waals surface area contributed by atoms with Gasteiger partial charge in [0.2, 0.25) is 5.91 Å². The number of amides is 1. The summed E-state index contributed by atoms with van der Waals surface area (Å²) < 4.78 is 31.1. The Hall–Kier alpha value is -3.01. The summed E-state index contributed by atoms with van der Waals surface area (Å²) in [5.41, 5.74) is 1.39. The molecule has 0 aliphatic heterocycles. The summed E-state index contributed by atoms with van der Waals surface area (Å²) >= 11 is 1.33. The van der Waals surface area contributed by atoms with Gasteiger partial charge in [-0.05, 0) is 55.2 Å². The molecule has 7 nitrogen and oxygen atoms in total. The molecule has 2 atom stereocenters. The number of carbonyl (C=O) groups excluding carboxylic acids is 1. The summed E-state index contributed by atoms with van der Waals surface area (Å²) in [6.07, 6.45) is 8.05. The van der Waals surface area contributed by atoms with Crippen LogP contribution < -0.4 is 10.1 Å². The van der Waals surface area contributed by atoms with Crippen molar-refractivity contribution in [1.82, 2.24) is 19.7 Å². The largest absolute Gasteiger partial charge is 0.435 e. The molecule has 1 amide bonds. The van der Waals surface area contributed by atoms with Gasteiger partial charge in [0.1, 0.15) is 5.75 Å². The van der Waals surface area contributed by atoms with Crippen molar-refractivity contribution in [2.75, 3.05) is 11.1 Å². The number of rotatable bonds is 8. The number of ether oxygens (including phenoxy) is 1. The number of nitrogens with one attached hydrogen (secondary N) is 1. The zero-order valence-electron chi connectivity index (χ0n) is 18.2. The van der Waals surface area contributed by atoms with Crippen LogP contribution >= 0.6 is 11.8 Å². The number of pyridine rings is 1. The molecule has 1 aromatic carbocycles. The molecule has 2 aromatic heterocycles. The van der Waals surface area contributed by atoms with Crippen LogP contribution in [0.25, 0.3) is 11.4 Å². The number of carbonyl (C=O) groups is 1. The molecule has 1 fully saturated rings. The lowest BCUT2D eigenvalue weighted by molar-refractivity contribution is -0.113. The first-order valence-electron chi connectivity index (χ1n) is 10.8. The first kappa shape index (κ1) is 23.2. The Morgan fingerprint density at radius 3 is 2.70 bits per heavy atom. The van der Waals surface area contributed by atoms with E-state index >= 15 is 0 Å². The van der Waals surface area contributed by atoms with Crippen LogP contribution in [0.15, 0.2) is 53.9 Å². The van der Waals surface area contributed by atoms with Crippen LogP contribution in [-0.4, -0.2) is 38.0 Å². The van der Waals surface area contributed by atoms with E-state index in [1.807, 2.05) is 12.1 Å². The maximum atomic E-state index is 12.5. The zero-order valence-corrected chi connectivity index (χ0v) is 19.0. The lowest BCUT2D eigenvalue weighted by Gasteiger charge is -2.31. The van der Waals surface area contributed by atoms with Crippen LogP contribution in [-0.2, 0) is 4.79 Å². The Morgan fingerprint density at radius 1 is 1.21 bits per heavy atom. The summed E-state index contributed by atoms with van der Waals surface area (Å²) in [5, 5.41) is 12.3. The van der Waals surface area contributed by atoms with Gasteiger partial charge in [0.15, 0.2) is 11.0 Å². The third-order valence-corrected chi connectivity index (χ3v) is 6.62. The average Bonchev–Trinajstić information content (AvgIpc) is 3.23. The fourth-order valence-corrected chi connectivity index (χ4v) is 4.89. The van der Waals surface area contributed by atoms with Gasteiger partial charge >= 0.3 is 6.61 Å². The van der Waals surface area contributed by atoms with Gasteiger partial charge in [-0.25, -0.2) is 0 Å². The van der Waals surface area contributed by atoms with Crippen molar-refractivity contribution in [3.8, 4) is 17.1 Å². The second kappa shape index (κ2) is 10.7. The highest BCUT2D eigenvalue weighted by atomic mass is 32.2. The minimum atomic E-state index is -2.89. The average molecular weight is 474 g/mol. The number of benzene rings is 1. The molecular formula is C23H25F2N5O2S. The second-order valence-corrected chi connectivity index (χ2v) is 8.93. The van der Waals surface area contributed by atoms with Crippen molar-refractivity contribution in [3.63, 3.8) is 0 Å². The highest BCUT2D eigenvalue weighted by molar-refractivity contribution is 7.99. The summed E-state index contributed by atoms with van der Waals surface area (Å²) in [5.74, 6) is 1.19. The van der Waals surface area contributed by atoms with E-state index in [2.05, 4.69) is 36.7 Å². The van der Waals surface area contributed by atoms with E-state index in [4.69, 9.17) is 0 Å². The molecule has 1 aliphatic rings. The van der Waals surface area contributed by atoms with Crippen molar-refractivity contribution in [2.45, 2.75) is 50.4 Å². The Balaban J connectivity index is 1.47. The van der Waals surface area contributed by atoms with E-state index in [1.54, 1.807) is 12.4 Å². The highest BCUT2D eigenvalue weighted by Gasteiger charge is 2.29. The molecule has 0 spiro atoms. The van der Waals surface area contributed by atoms with Gasteiger partial charge in [-0.2, -0.15) is 8.78 Å². The van der Waals surface area contributed by atoms with Crippen LogP contribution in [0, 0.1) is 5.92 Å². The molecule has 0 unspecified atom stereocenters. The van der Waals surface area contributed by atoms with Gasteiger partial charge < -0.3 is 10.1 Å². The Kier molecular flexibility index (Phi) is 7.54. The van der Waals surface area contributed by atoms with E-state index < -0.39 is 6.61 Å². The quantitative estimate of drug-likeness (QED) is 0.440. The minimum Gasteiger partial charge on any atom is -0.435 e. The molecule has 4 rings (SSSR count). The summed E-state index contributed by atoms with van der Waals surface area (Å²) in [6.45, 7) is -0.637. The van der Waals surface area contributed by atoms with Crippen LogP contribution in [0.1, 0.15) is 38.6 Å². The van der Waals surface area contributed by atoms with Crippen LogP contribution in [0.2, 0.25) is 0 Å². The molecule has 1 aliphatic carbocycles. The van der Waals surface area contributed by atoms with Gasteiger partial charge in [0.25, 0.3) is 0 Å². The van der Waals surface area contributed by atoms with Crippen molar-refractivity contribution in [2.24, 2.45) is 5.92 Å². The van der Waals surface area contributed by atoms with E-state index in [0.717, 1.165) is 30.7 Å². The molecule has 10 heteroatoms. The number of hydrogen-bond acceptors (Lipinski definition) is 6. The van der Waals surface area contributed by atoms with Gasteiger partial charge in [-0.1, -0.05) is 31.5 Å². The molecule has 0 radical (unpaired) electrons. The first-order valence-corrected chi connectivity index (χ1v) is 11.8. The van der Waals surface area contributed by atoms with E-state index in [1.165, 1.54) is 42.4 Å². The summed E-state index contributed by atoms with van der Waals surface area (Å²) in [6, 6.07) is 9.91. The topological polar surface area (TPSA) is 81.9 Å². The normalized spacial score (nSPS) is 18.3. The third-order valence-electron chi connectivity index (χ3n) is 5.68. The fraction of sp³-hybridized carbons (Fsp3) is 0.391. The van der Waals surface area contributed by atoms with Crippen LogP contribution in [0.3, 0.4) is 0 Å². The van der Waals surface area contributed by atoms with E-state index in [9.17, 15) is 13.6 Å². The maximum Gasteiger partial charge on any atom is 0.387 e. The molecule has 0 saturated heterocycles. The molecule has 33 heavy (non-hydrogen) atoms. The van der Waals surface area contributed by atoms with Crippen molar-refractivity contribution in [1.29, 1.82) is 0 Å². The lowest BCUT2D eigenvalue weighted by Crippen LogP contribution is -2.23. The Bertz CT molecular complexity index is 1060. The maximum absolute atomic E-state index is 12.5. The van der Waals surface area contributed by atoms with Crippen LogP contribution in [0.4, 0.5) is 14.5 Å². The van der Waals surface area contributed by atoms with E-state index in [0.29, 0.717) is 16.8 Å². The molecule has 0 bridgehead atoms. The van der Waals surface area contributed by atoms with Crippen molar-refractivity contribution < 1.29 is 18.3 Å². The SMILES string of the molecule is C[C@@H]1CCCC[C@@H]1n1c(SCC(=O)Nc2ccc(OC(F)F)cc2)nnc1-c1cccnc1. The number of thioether (sulfide) groups is 1. The van der Waals surface area contributed by atoms with Crippen LogP contribution in [0.5, 0.6) is 5.75 Å². The molecule has 2 heterocycles. The van der Waals surface area contributed by atoms with Gasteiger partial charge in [0.05, 0.1) is 5.75 Å². The van der Waals surface area contributed by atoms with Gasteiger partial charge in [0, 0.05) is 29.7 Å². The zero-order chi connectivity index (χ0) is 23.2.